The normalized spacial score (nSPS) is 12.3. The van der Waals surface area contributed by atoms with E-state index in [0.717, 1.165) is 11.3 Å². The second-order valence-electron chi connectivity index (χ2n) is 4.49. The Balaban J connectivity index is 2.68. The summed E-state index contributed by atoms with van der Waals surface area (Å²) in [4.78, 5) is 13.5. The predicted molar refractivity (Wildman–Crippen MR) is 74.3 cm³/mol. The van der Waals surface area contributed by atoms with Crippen molar-refractivity contribution in [3.05, 3.63) is 29.8 Å². The summed E-state index contributed by atoms with van der Waals surface area (Å²) in [6.07, 6.45) is 0. The quantitative estimate of drug-likeness (QED) is 0.802. The lowest BCUT2D eigenvalue weighted by Crippen LogP contribution is -2.36. The molecular weight excluding hydrogens is 244 g/mol. The molecule has 0 aliphatic rings. The van der Waals surface area contributed by atoms with Gasteiger partial charge in [-0.1, -0.05) is 12.1 Å². The van der Waals surface area contributed by atoms with E-state index in [9.17, 15) is 4.79 Å². The molecule has 1 amide bonds. The summed E-state index contributed by atoms with van der Waals surface area (Å²) < 4.78 is 9.93. The number of rotatable bonds is 7. The number of hydrogen-bond acceptors (Lipinski definition) is 4. The molecule has 5 nitrogen and oxygen atoms in total. The summed E-state index contributed by atoms with van der Waals surface area (Å²) in [5.74, 6) is 0.715. The SMILES string of the molecule is COCC(=O)NCC(c1ccc(OC)cc1)N(C)C. The highest BCUT2D eigenvalue weighted by Crippen LogP contribution is 2.20. The number of methoxy groups -OCH3 is 2. The molecule has 0 heterocycles. The van der Waals surface area contributed by atoms with Crippen molar-refractivity contribution >= 4 is 5.91 Å². The number of hydrogen-bond donors (Lipinski definition) is 1. The zero-order valence-electron chi connectivity index (χ0n) is 12.0. The van der Waals surface area contributed by atoms with Crippen LogP contribution in [-0.2, 0) is 9.53 Å². The Labute approximate surface area is 114 Å². The van der Waals surface area contributed by atoms with Gasteiger partial charge in [0.1, 0.15) is 12.4 Å². The van der Waals surface area contributed by atoms with Crippen molar-refractivity contribution in [2.75, 3.05) is 41.5 Å². The van der Waals surface area contributed by atoms with Gasteiger partial charge in [0.05, 0.1) is 13.2 Å². The number of nitrogens with zero attached hydrogens (tertiary/aromatic N) is 1. The lowest BCUT2D eigenvalue weighted by atomic mass is 10.1. The highest BCUT2D eigenvalue weighted by Gasteiger charge is 2.15. The third-order valence-corrected chi connectivity index (χ3v) is 2.89. The minimum absolute atomic E-state index is 0.0861. The van der Waals surface area contributed by atoms with Gasteiger partial charge in [-0.15, -0.1) is 0 Å². The van der Waals surface area contributed by atoms with Crippen molar-refractivity contribution in [3.63, 3.8) is 0 Å². The van der Waals surface area contributed by atoms with E-state index in [1.165, 1.54) is 7.11 Å². The van der Waals surface area contributed by atoms with Gasteiger partial charge in [-0.05, 0) is 31.8 Å². The molecule has 1 unspecified atom stereocenters. The zero-order chi connectivity index (χ0) is 14.3. The third kappa shape index (κ3) is 4.89. The Morgan fingerprint density at radius 3 is 2.37 bits per heavy atom. The van der Waals surface area contributed by atoms with Crippen molar-refractivity contribution in [2.24, 2.45) is 0 Å². The number of carbonyl (C=O) groups excluding carboxylic acids is 1. The van der Waals surface area contributed by atoms with Crippen LogP contribution in [0.25, 0.3) is 0 Å². The van der Waals surface area contributed by atoms with Crippen LogP contribution in [0, 0.1) is 0 Å². The van der Waals surface area contributed by atoms with Crippen LogP contribution in [0.15, 0.2) is 24.3 Å². The fraction of sp³-hybridized carbons (Fsp3) is 0.500. The molecule has 0 fully saturated rings. The number of amides is 1. The van der Waals surface area contributed by atoms with E-state index < -0.39 is 0 Å². The number of nitrogens with one attached hydrogen (secondary N) is 1. The van der Waals surface area contributed by atoms with Crippen LogP contribution in [0.2, 0.25) is 0 Å². The summed E-state index contributed by atoms with van der Waals surface area (Å²) in [6, 6.07) is 7.97. The summed E-state index contributed by atoms with van der Waals surface area (Å²) in [6.45, 7) is 0.629. The fourth-order valence-corrected chi connectivity index (χ4v) is 1.82. The summed E-state index contributed by atoms with van der Waals surface area (Å²) >= 11 is 0. The maximum absolute atomic E-state index is 11.4. The van der Waals surface area contributed by atoms with Crippen LogP contribution in [0.3, 0.4) is 0 Å². The van der Waals surface area contributed by atoms with Crippen LogP contribution in [0.1, 0.15) is 11.6 Å². The Kier molecular flexibility index (Phi) is 6.32. The molecule has 5 heteroatoms. The number of carbonyl (C=O) groups is 1. The Morgan fingerprint density at radius 1 is 1.26 bits per heavy atom. The molecule has 106 valence electrons. The van der Waals surface area contributed by atoms with Crippen LogP contribution in [0.5, 0.6) is 5.75 Å². The molecule has 0 radical (unpaired) electrons. The van der Waals surface area contributed by atoms with E-state index in [1.54, 1.807) is 7.11 Å². The Hall–Kier alpha value is -1.59. The second-order valence-corrected chi connectivity index (χ2v) is 4.49. The summed E-state index contributed by atoms with van der Waals surface area (Å²) in [5.41, 5.74) is 1.13. The van der Waals surface area contributed by atoms with E-state index in [-0.39, 0.29) is 18.6 Å². The molecule has 0 aliphatic heterocycles. The maximum atomic E-state index is 11.4. The van der Waals surface area contributed by atoms with Gasteiger partial charge in [0.25, 0.3) is 0 Å². The van der Waals surface area contributed by atoms with E-state index >= 15 is 0 Å². The molecule has 1 N–H and O–H groups in total. The van der Waals surface area contributed by atoms with Gasteiger partial charge in [-0.25, -0.2) is 0 Å². The monoisotopic (exact) mass is 266 g/mol. The average molecular weight is 266 g/mol. The van der Waals surface area contributed by atoms with Crippen molar-refractivity contribution in [2.45, 2.75) is 6.04 Å². The van der Waals surface area contributed by atoms with E-state index in [2.05, 4.69) is 10.2 Å². The van der Waals surface area contributed by atoms with Crippen molar-refractivity contribution < 1.29 is 14.3 Å². The topological polar surface area (TPSA) is 50.8 Å². The Morgan fingerprint density at radius 2 is 1.89 bits per heavy atom. The van der Waals surface area contributed by atoms with Gasteiger partial charge >= 0.3 is 0 Å². The minimum Gasteiger partial charge on any atom is -0.497 e. The number of ether oxygens (including phenoxy) is 2. The lowest BCUT2D eigenvalue weighted by molar-refractivity contribution is -0.124. The molecule has 19 heavy (non-hydrogen) atoms. The molecule has 1 aromatic rings. The molecule has 0 aromatic heterocycles. The van der Waals surface area contributed by atoms with Crippen LogP contribution in [-0.4, -0.2) is 52.3 Å². The molecule has 0 aliphatic carbocycles. The zero-order valence-corrected chi connectivity index (χ0v) is 12.0. The van der Waals surface area contributed by atoms with Gasteiger partial charge in [-0.2, -0.15) is 0 Å². The number of benzene rings is 1. The molecule has 0 spiro atoms. The van der Waals surface area contributed by atoms with E-state index in [1.807, 2.05) is 38.4 Å². The largest absolute Gasteiger partial charge is 0.497 e. The van der Waals surface area contributed by atoms with E-state index in [4.69, 9.17) is 9.47 Å². The predicted octanol–water partition coefficient (Wildman–Crippen LogP) is 1.06. The van der Waals surface area contributed by atoms with Crippen LogP contribution < -0.4 is 10.1 Å². The van der Waals surface area contributed by atoms with Gasteiger partial charge in [0.15, 0.2) is 0 Å². The van der Waals surface area contributed by atoms with Crippen molar-refractivity contribution in [1.29, 1.82) is 0 Å². The first-order valence-corrected chi connectivity index (χ1v) is 6.14. The molecule has 1 aromatic carbocycles. The number of likely N-dealkylation sites (N-methyl/N-ethyl adjacent to an activating group) is 1. The van der Waals surface area contributed by atoms with Gasteiger partial charge in [0, 0.05) is 13.7 Å². The fourth-order valence-electron chi connectivity index (χ4n) is 1.82. The second kappa shape index (κ2) is 7.76. The van der Waals surface area contributed by atoms with Crippen LogP contribution in [0.4, 0.5) is 0 Å². The molecule has 0 bridgehead atoms. The molecule has 1 atom stereocenters. The third-order valence-electron chi connectivity index (χ3n) is 2.89. The standard InChI is InChI=1S/C14H22N2O3/c1-16(2)13(9-15-14(17)10-18-3)11-5-7-12(19-4)8-6-11/h5-8,13H,9-10H2,1-4H3,(H,15,17). The maximum Gasteiger partial charge on any atom is 0.246 e. The molecule has 0 saturated heterocycles. The van der Waals surface area contributed by atoms with E-state index in [0.29, 0.717) is 6.54 Å². The van der Waals surface area contributed by atoms with Gasteiger partial charge < -0.3 is 19.7 Å². The first-order valence-electron chi connectivity index (χ1n) is 6.14. The highest BCUT2D eigenvalue weighted by atomic mass is 16.5. The van der Waals surface area contributed by atoms with Crippen LogP contribution >= 0.6 is 0 Å². The Bertz CT molecular complexity index is 390. The van der Waals surface area contributed by atoms with Crippen molar-refractivity contribution in [1.82, 2.24) is 10.2 Å². The highest BCUT2D eigenvalue weighted by molar-refractivity contribution is 5.77. The molecule has 0 saturated carbocycles. The smallest absolute Gasteiger partial charge is 0.246 e. The van der Waals surface area contributed by atoms with Crippen molar-refractivity contribution in [3.8, 4) is 5.75 Å². The van der Waals surface area contributed by atoms with Gasteiger partial charge in [-0.3, -0.25) is 4.79 Å². The average Bonchev–Trinajstić information content (AvgIpc) is 2.39. The minimum atomic E-state index is -0.108. The molecular formula is C14H22N2O3. The first-order chi connectivity index (χ1) is 9.08. The summed E-state index contributed by atoms with van der Waals surface area (Å²) in [7, 11) is 7.12. The first kappa shape index (κ1) is 15.5. The van der Waals surface area contributed by atoms with Gasteiger partial charge in [0.2, 0.25) is 5.91 Å². The summed E-state index contributed by atoms with van der Waals surface area (Å²) in [5, 5.41) is 2.86. The lowest BCUT2D eigenvalue weighted by Gasteiger charge is -2.25. The molecule has 1 rings (SSSR count).